The van der Waals surface area contributed by atoms with Crippen LogP contribution in [0.4, 0.5) is 6.01 Å². The number of benzene rings is 1. The van der Waals surface area contributed by atoms with Gasteiger partial charge >= 0.3 is 6.01 Å². The lowest BCUT2D eigenvalue weighted by atomic mass is 10.1. The van der Waals surface area contributed by atoms with Crippen LogP contribution in [0.15, 0.2) is 47.0 Å². The van der Waals surface area contributed by atoms with Crippen LogP contribution in [0.1, 0.15) is 16.2 Å². The first-order valence-corrected chi connectivity index (χ1v) is 6.46. The molecule has 0 bridgehead atoms. The average Bonchev–Trinajstić information content (AvgIpc) is 2.99. The molecule has 2 aromatic heterocycles. The van der Waals surface area contributed by atoms with Gasteiger partial charge in [0.1, 0.15) is 0 Å². The van der Waals surface area contributed by atoms with E-state index in [-0.39, 0.29) is 24.4 Å². The van der Waals surface area contributed by atoms with Gasteiger partial charge in [-0.1, -0.05) is 35.4 Å². The molecule has 0 atom stereocenters. The highest BCUT2D eigenvalue weighted by atomic mass is 16.4. The van der Waals surface area contributed by atoms with Crippen molar-refractivity contribution in [3.05, 3.63) is 54.0 Å². The van der Waals surface area contributed by atoms with Crippen LogP contribution in [0.3, 0.4) is 0 Å². The summed E-state index contributed by atoms with van der Waals surface area (Å²) in [6.45, 7) is 0.0893. The molecule has 0 radical (unpaired) electrons. The zero-order chi connectivity index (χ0) is 15.4. The van der Waals surface area contributed by atoms with Crippen molar-refractivity contribution in [1.82, 2.24) is 25.7 Å². The fourth-order valence-electron chi connectivity index (χ4n) is 1.84. The number of carbonyl (C=O) groups excluding carboxylic acids is 1. The quantitative estimate of drug-likeness (QED) is 0.738. The normalized spacial score (nSPS) is 10.4. The lowest BCUT2D eigenvalue weighted by Gasteiger charge is -2.04. The Morgan fingerprint density at radius 3 is 2.73 bits per heavy atom. The van der Waals surface area contributed by atoms with Crippen molar-refractivity contribution in [2.45, 2.75) is 6.54 Å². The van der Waals surface area contributed by atoms with Gasteiger partial charge in [-0.25, -0.2) is 0 Å². The van der Waals surface area contributed by atoms with Crippen LogP contribution in [-0.4, -0.2) is 26.3 Å². The van der Waals surface area contributed by atoms with Gasteiger partial charge in [-0.05, 0) is 6.07 Å². The van der Waals surface area contributed by atoms with Crippen molar-refractivity contribution >= 4 is 11.9 Å². The monoisotopic (exact) mass is 296 g/mol. The number of hydrogen-bond donors (Lipinski definition) is 2. The largest absolute Gasteiger partial charge is 0.406 e. The third-order valence-electron chi connectivity index (χ3n) is 2.87. The van der Waals surface area contributed by atoms with E-state index in [4.69, 9.17) is 10.2 Å². The maximum atomic E-state index is 12.1. The highest BCUT2D eigenvalue weighted by Crippen LogP contribution is 2.16. The highest BCUT2D eigenvalue weighted by molar-refractivity contribution is 5.94. The van der Waals surface area contributed by atoms with Crippen molar-refractivity contribution in [2.75, 3.05) is 5.73 Å². The molecule has 0 aliphatic carbocycles. The first kappa shape index (κ1) is 13.7. The summed E-state index contributed by atoms with van der Waals surface area (Å²) in [5.74, 6) is -0.0833. The summed E-state index contributed by atoms with van der Waals surface area (Å²) in [5.41, 5.74) is 7.20. The predicted molar refractivity (Wildman–Crippen MR) is 77.3 cm³/mol. The van der Waals surface area contributed by atoms with Gasteiger partial charge in [0.2, 0.25) is 5.89 Å². The Morgan fingerprint density at radius 2 is 2.00 bits per heavy atom. The van der Waals surface area contributed by atoms with Crippen LogP contribution in [0.5, 0.6) is 0 Å². The molecule has 3 rings (SSSR count). The maximum absolute atomic E-state index is 12.1. The third-order valence-corrected chi connectivity index (χ3v) is 2.87. The summed E-state index contributed by atoms with van der Waals surface area (Å²) in [6.07, 6.45) is 1.39. The van der Waals surface area contributed by atoms with Crippen LogP contribution in [0.25, 0.3) is 11.3 Å². The highest BCUT2D eigenvalue weighted by Gasteiger charge is 2.10. The summed E-state index contributed by atoms with van der Waals surface area (Å²) in [4.78, 5) is 12.1. The number of rotatable bonds is 4. The molecule has 0 saturated heterocycles. The molecule has 0 unspecified atom stereocenters. The van der Waals surface area contributed by atoms with E-state index in [1.54, 1.807) is 6.07 Å². The van der Waals surface area contributed by atoms with Crippen LogP contribution in [0.2, 0.25) is 0 Å². The molecular formula is C14H12N6O2. The molecule has 3 N–H and O–H groups in total. The lowest BCUT2D eigenvalue weighted by molar-refractivity contribution is 0.0947. The minimum absolute atomic E-state index is 0.0406. The second-order valence-corrected chi connectivity index (χ2v) is 4.41. The van der Waals surface area contributed by atoms with Gasteiger partial charge in [0.05, 0.1) is 24.0 Å². The number of nitrogen functional groups attached to an aromatic ring is 1. The molecule has 0 spiro atoms. The third kappa shape index (κ3) is 3.06. The van der Waals surface area contributed by atoms with E-state index >= 15 is 0 Å². The van der Waals surface area contributed by atoms with Crippen LogP contribution < -0.4 is 11.1 Å². The number of nitrogens with two attached hydrogens (primary N) is 1. The van der Waals surface area contributed by atoms with E-state index in [0.29, 0.717) is 11.3 Å². The number of nitrogens with one attached hydrogen (secondary N) is 1. The van der Waals surface area contributed by atoms with Gasteiger partial charge in [-0.3, -0.25) is 4.79 Å². The van der Waals surface area contributed by atoms with Crippen LogP contribution in [-0.2, 0) is 6.54 Å². The van der Waals surface area contributed by atoms with Gasteiger partial charge < -0.3 is 15.5 Å². The first-order chi connectivity index (χ1) is 10.7. The van der Waals surface area contributed by atoms with E-state index in [1.165, 1.54) is 6.20 Å². The lowest BCUT2D eigenvalue weighted by Crippen LogP contribution is -2.23. The Hall–Kier alpha value is -3.29. The number of nitrogens with zero attached hydrogens (tertiary/aromatic N) is 4. The molecule has 0 saturated carbocycles. The molecule has 0 aliphatic heterocycles. The number of anilines is 1. The fraction of sp³-hybridized carbons (Fsp3) is 0.0714. The summed E-state index contributed by atoms with van der Waals surface area (Å²) >= 11 is 0. The molecule has 8 heteroatoms. The smallest absolute Gasteiger partial charge is 0.312 e. The van der Waals surface area contributed by atoms with E-state index in [2.05, 4.69) is 25.7 Å². The molecule has 3 aromatic rings. The second-order valence-electron chi connectivity index (χ2n) is 4.41. The fourth-order valence-corrected chi connectivity index (χ4v) is 1.84. The molecule has 110 valence electrons. The summed E-state index contributed by atoms with van der Waals surface area (Å²) in [7, 11) is 0. The van der Waals surface area contributed by atoms with Gasteiger partial charge in [0.25, 0.3) is 5.91 Å². The molecule has 1 aromatic carbocycles. The number of amides is 1. The van der Waals surface area contributed by atoms with Crippen molar-refractivity contribution < 1.29 is 9.21 Å². The Labute approximate surface area is 125 Å². The molecule has 1 amide bonds. The molecule has 0 fully saturated rings. The van der Waals surface area contributed by atoms with E-state index in [9.17, 15) is 4.79 Å². The van der Waals surface area contributed by atoms with Crippen molar-refractivity contribution in [3.63, 3.8) is 0 Å². The summed E-state index contributed by atoms with van der Waals surface area (Å²) < 4.78 is 4.98. The standard InChI is InChI=1S/C14H12N6O2/c15-14-20-19-12(22-14)8-16-13(21)10-6-11(18-17-7-10)9-4-2-1-3-5-9/h1-7H,8H2,(H2,15,20)(H,16,21). The number of hydrogen-bond acceptors (Lipinski definition) is 7. The molecule has 2 heterocycles. The summed E-state index contributed by atoms with van der Waals surface area (Å²) in [6, 6.07) is 11.1. The van der Waals surface area contributed by atoms with Crippen molar-refractivity contribution in [2.24, 2.45) is 0 Å². The van der Waals surface area contributed by atoms with Gasteiger partial charge in [-0.15, -0.1) is 5.10 Å². The van der Waals surface area contributed by atoms with Crippen LogP contribution >= 0.6 is 0 Å². The Balaban J connectivity index is 1.73. The minimum Gasteiger partial charge on any atom is -0.406 e. The predicted octanol–water partition coefficient (Wildman–Crippen LogP) is 1.04. The SMILES string of the molecule is Nc1nnc(CNC(=O)c2cnnc(-c3ccccc3)c2)o1. The minimum atomic E-state index is -0.316. The van der Waals surface area contributed by atoms with Crippen LogP contribution in [0, 0.1) is 0 Å². The molecule has 8 nitrogen and oxygen atoms in total. The maximum Gasteiger partial charge on any atom is 0.312 e. The van der Waals surface area contributed by atoms with Gasteiger partial charge in [0, 0.05) is 5.56 Å². The van der Waals surface area contributed by atoms with Crippen molar-refractivity contribution in [3.8, 4) is 11.3 Å². The Bertz CT molecular complexity index is 787. The zero-order valence-electron chi connectivity index (χ0n) is 11.4. The van der Waals surface area contributed by atoms with Crippen molar-refractivity contribution in [1.29, 1.82) is 0 Å². The van der Waals surface area contributed by atoms with Gasteiger partial charge in [-0.2, -0.15) is 10.2 Å². The number of carbonyl (C=O) groups is 1. The average molecular weight is 296 g/mol. The van der Waals surface area contributed by atoms with E-state index < -0.39 is 0 Å². The topological polar surface area (TPSA) is 120 Å². The van der Waals surface area contributed by atoms with Gasteiger partial charge in [0.15, 0.2) is 0 Å². The zero-order valence-corrected chi connectivity index (χ0v) is 11.4. The number of aromatic nitrogens is 4. The second kappa shape index (κ2) is 6.00. The molecule has 0 aliphatic rings. The van der Waals surface area contributed by atoms with E-state index in [0.717, 1.165) is 5.56 Å². The molecular weight excluding hydrogens is 284 g/mol. The summed E-state index contributed by atoms with van der Waals surface area (Å²) in [5, 5.41) is 17.7. The van der Waals surface area contributed by atoms with E-state index in [1.807, 2.05) is 30.3 Å². The Morgan fingerprint density at radius 1 is 1.18 bits per heavy atom. The first-order valence-electron chi connectivity index (χ1n) is 6.46. The molecule has 22 heavy (non-hydrogen) atoms. The Kier molecular flexibility index (Phi) is 3.73.